The van der Waals surface area contributed by atoms with Crippen LogP contribution in [0.25, 0.3) is 22.4 Å². The molecule has 28 heavy (non-hydrogen) atoms. The summed E-state index contributed by atoms with van der Waals surface area (Å²) in [6.45, 7) is 3.07. The number of furan rings is 1. The van der Waals surface area contributed by atoms with Crippen LogP contribution in [0.5, 0.6) is 0 Å². The number of carbonyl (C=O) groups excluding carboxylic acids is 1. The van der Waals surface area contributed by atoms with Crippen molar-refractivity contribution in [1.82, 2.24) is 9.55 Å². The lowest BCUT2D eigenvalue weighted by Crippen LogP contribution is -2.12. The van der Waals surface area contributed by atoms with Crippen LogP contribution in [0.15, 0.2) is 65.3 Å². The van der Waals surface area contributed by atoms with Gasteiger partial charge in [-0.15, -0.1) is 0 Å². The van der Waals surface area contributed by atoms with Crippen molar-refractivity contribution in [2.24, 2.45) is 0 Å². The van der Waals surface area contributed by atoms with E-state index in [-0.39, 0.29) is 6.61 Å². The summed E-state index contributed by atoms with van der Waals surface area (Å²) in [5.41, 5.74) is 3.67. The molecule has 0 saturated carbocycles. The van der Waals surface area contributed by atoms with Gasteiger partial charge in [-0.05, 0) is 55.0 Å². The lowest BCUT2D eigenvalue weighted by molar-refractivity contribution is 0.154. The molecule has 7 heteroatoms. The lowest BCUT2D eigenvalue weighted by Gasteiger charge is -2.06. The van der Waals surface area contributed by atoms with Crippen LogP contribution in [0.2, 0.25) is 5.02 Å². The summed E-state index contributed by atoms with van der Waals surface area (Å²) < 4.78 is 13.0. The fourth-order valence-corrected chi connectivity index (χ4v) is 3.04. The standard InChI is InChI=1S/C21H18ClN3O3/c1-2-25-13-23-17-11-14(3-8-18(17)25)12-27-21(26)24-20-10-9-19(28-20)15-4-6-16(22)7-5-15/h3-11,13H,2,12H2,1H3,(H,24,26). The molecule has 0 radical (unpaired) electrons. The molecule has 2 aromatic carbocycles. The normalized spacial score (nSPS) is 10.9. The van der Waals surface area contributed by atoms with E-state index in [1.165, 1.54) is 0 Å². The SMILES string of the molecule is CCn1cnc2cc(COC(=O)Nc3ccc(-c4ccc(Cl)cc4)o3)ccc21. The second-order valence-electron chi connectivity index (χ2n) is 6.23. The van der Waals surface area contributed by atoms with Gasteiger partial charge in [0.15, 0.2) is 0 Å². The first-order valence-electron chi connectivity index (χ1n) is 8.85. The number of ether oxygens (including phenoxy) is 1. The predicted molar refractivity (Wildman–Crippen MR) is 108 cm³/mol. The number of fused-ring (bicyclic) bond motifs is 1. The molecule has 0 unspecified atom stereocenters. The first-order valence-corrected chi connectivity index (χ1v) is 9.23. The maximum absolute atomic E-state index is 12.1. The van der Waals surface area contributed by atoms with Crippen molar-refractivity contribution in [3.8, 4) is 11.3 Å². The maximum Gasteiger partial charge on any atom is 0.414 e. The topological polar surface area (TPSA) is 69.3 Å². The van der Waals surface area contributed by atoms with Crippen molar-refractivity contribution >= 4 is 34.6 Å². The Morgan fingerprint density at radius 2 is 2.00 bits per heavy atom. The molecule has 4 aromatic rings. The summed E-state index contributed by atoms with van der Waals surface area (Å²) in [5.74, 6) is 0.941. The second kappa shape index (κ2) is 7.78. The number of nitrogens with zero attached hydrogens (tertiary/aromatic N) is 2. The fraction of sp³-hybridized carbons (Fsp3) is 0.143. The summed E-state index contributed by atoms with van der Waals surface area (Å²) in [6, 6.07) is 16.5. The molecule has 142 valence electrons. The molecule has 4 rings (SSSR count). The number of halogens is 1. The Labute approximate surface area is 166 Å². The quantitative estimate of drug-likeness (QED) is 0.469. The van der Waals surface area contributed by atoms with Gasteiger partial charge in [-0.3, -0.25) is 5.32 Å². The van der Waals surface area contributed by atoms with E-state index >= 15 is 0 Å². The number of imidazole rings is 1. The lowest BCUT2D eigenvalue weighted by atomic mass is 10.2. The minimum absolute atomic E-state index is 0.144. The van der Waals surface area contributed by atoms with Gasteiger partial charge in [0.05, 0.1) is 17.4 Å². The summed E-state index contributed by atoms with van der Waals surface area (Å²) in [7, 11) is 0. The second-order valence-corrected chi connectivity index (χ2v) is 6.66. The molecular weight excluding hydrogens is 378 g/mol. The maximum atomic E-state index is 12.1. The first-order chi connectivity index (χ1) is 13.6. The largest absolute Gasteiger partial charge is 0.444 e. The number of rotatable bonds is 5. The summed E-state index contributed by atoms with van der Waals surface area (Å²) >= 11 is 5.89. The monoisotopic (exact) mass is 395 g/mol. The Kier molecular flexibility index (Phi) is 5.04. The van der Waals surface area contributed by atoms with Gasteiger partial charge in [0.25, 0.3) is 0 Å². The van der Waals surface area contributed by atoms with E-state index in [0.717, 1.165) is 28.7 Å². The van der Waals surface area contributed by atoms with Gasteiger partial charge in [0.1, 0.15) is 12.4 Å². The smallest absolute Gasteiger partial charge is 0.414 e. The number of hydrogen-bond acceptors (Lipinski definition) is 4. The van der Waals surface area contributed by atoms with Gasteiger partial charge in [-0.2, -0.15) is 0 Å². The van der Waals surface area contributed by atoms with Crippen molar-refractivity contribution in [2.75, 3.05) is 5.32 Å². The number of aryl methyl sites for hydroxylation is 1. The highest BCUT2D eigenvalue weighted by Crippen LogP contribution is 2.26. The van der Waals surface area contributed by atoms with Crippen molar-refractivity contribution < 1.29 is 13.9 Å². The third kappa shape index (κ3) is 3.87. The molecule has 0 aliphatic rings. The molecule has 2 heterocycles. The Hall–Kier alpha value is -3.25. The van der Waals surface area contributed by atoms with Crippen LogP contribution in [0.3, 0.4) is 0 Å². The molecule has 6 nitrogen and oxygen atoms in total. The zero-order chi connectivity index (χ0) is 19.5. The highest BCUT2D eigenvalue weighted by Gasteiger charge is 2.10. The number of nitrogens with one attached hydrogen (secondary N) is 1. The first kappa shape index (κ1) is 18.1. The molecule has 1 amide bonds. The Morgan fingerprint density at radius 3 is 2.79 bits per heavy atom. The van der Waals surface area contributed by atoms with Crippen LogP contribution in [0.4, 0.5) is 10.7 Å². The van der Waals surface area contributed by atoms with E-state index in [1.807, 2.05) is 30.3 Å². The van der Waals surface area contributed by atoms with Gasteiger partial charge >= 0.3 is 6.09 Å². The van der Waals surface area contributed by atoms with E-state index < -0.39 is 6.09 Å². The van der Waals surface area contributed by atoms with E-state index in [9.17, 15) is 4.79 Å². The predicted octanol–water partition coefficient (Wildman–Crippen LogP) is 5.72. The van der Waals surface area contributed by atoms with E-state index in [4.69, 9.17) is 20.8 Å². The summed E-state index contributed by atoms with van der Waals surface area (Å²) in [4.78, 5) is 16.4. The molecule has 1 N–H and O–H groups in total. The van der Waals surface area contributed by atoms with Crippen LogP contribution in [0, 0.1) is 0 Å². The summed E-state index contributed by atoms with van der Waals surface area (Å²) in [6.07, 6.45) is 1.22. The van der Waals surface area contributed by atoms with E-state index in [1.54, 1.807) is 30.6 Å². The van der Waals surface area contributed by atoms with Crippen molar-refractivity contribution in [1.29, 1.82) is 0 Å². The van der Waals surface area contributed by atoms with Gasteiger partial charge in [-0.25, -0.2) is 9.78 Å². The van der Waals surface area contributed by atoms with Crippen molar-refractivity contribution in [3.63, 3.8) is 0 Å². The molecule has 0 aliphatic carbocycles. The molecule has 0 aliphatic heterocycles. The van der Waals surface area contributed by atoms with Crippen LogP contribution in [0.1, 0.15) is 12.5 Å². The number of benzene rings is 2. The molecule has 0 atom stereocenters. The van der Waals surface area contributed by atoms with Crippen molar-refractivity contribution in [3.05, 3.63) is 71.5 Å². The van der Waals surface area contributed by atoms with Crippen LogP contribution in [-0.4, -0.2) is 15.6 Å². The molecule has 2 aromatic heterocycles. The number of amides is 1. The van der Waals surface area contributed by atoms with Crippen LogP contribution in [-0.2, 0) is 17.9 Å². The summed E-state index contributed by atoms with van der Waals surface area (Å²) in [5, 5.41) is 3.24. The van der Waals surface area contributed by atoms with Crippen LogP contribution >= 0.6 is 11.6 Å². The third-order valence-corrected chi connectivity index (χ3v) is 4.61. The zero-order valence-electron chi connectivity index (χ0n) is 15.2. The molecular formula is C21H18ClN3O3. The number of carbonyl (C=O) groups is 1. The van der Waals surface area contributed by atoms with Gasteiger partial charge < -0.3 is 13.7 Å². The minimum atomic E-state index is -0.587. The number of hydrogen-bond donors (Lipinski definition) is 1. The van der Waals surface area contributed by atoms with Crippen molar-refractivity contribution in [2.45, 2.75) is 20.1 Å². The number of aromatic nitrogens is 2. The average molecular weight is 396 g/mol. The van der Waals surface area contributed by atoms with Gasteiger partial charge in [0, 0.05) is 23.2 Å². The van der Waals surface area contributed by atoms with Crippen LogP contribution < -0.4 is 5.32 Å². The highest BCUT2D eigenvalue weighted by molar-refractivity contribution is 6.30. The van der Waals surface area contributed by atoms with Gasteiger partial charge in [0.2, 0.25) is 5.88 Å². The zero-order valence-corrected chi connectivity index (χ0v) is 15.9. The molecule has 0 saturated heterocycles. The Balaban J connectivity index is 1.36. The third-order valence-electron chi connectivity index (χ3n) is 4.36. The Morgan fingerprint density at radius 1 is 1.18 bits per heavy atom. The molecule has 0 fully saturated rings. The highest BCUT2D eigenvalue weighted by atomic mass is 35.5. The van der Waals surface area contributed by atoms with E-state index in [0.29, 0.717) is 16.7 Å². The molecule has 0 bridgehead atoms. The van der Waals surface area contributed by atoms with E-state index in [2.05, 4.69) is 21.8 Å². The number of anilines is 1. The minimum Gasteiger partial charge on any atom is -0.444 e. The van der Waals surface area contributed by atoms with Gasteiger partial charge in [-0.1, -0.05) is 17.7 Å². The fourth-order valence-electron chi connectivity index (χ4n) is 2.91. The Bertz CT molecular complexity index is 1120. The average Bonchev–Trinajstić information content (AvgIpc) is 3.33. The molecule has 0 spiro atoms.